The third-order valence-corrected chi connectivity index (χ3v) is 6.20. The van der Waals surface area contributed by atoms with Crippen molar-refractivity contribution in [1.29, 1.82) is 0 Å². The summed E-state index contributed by atoms with van der Waals surface area (Å²) in [5.74, 6) is 0.0762. The van der Waals surface area contributed by atoms with E-state index in [9.17, 15) is 13.6 Å². The molecule has 3 aromatic rings. The highest BCUT2D eigenvalue weighted by molar-refractivity contribution is 5.92. The minimum atomic E-state index is -0.501. The van der Waals surface area contributed by atoms with E-state index in [1.807, 2.05) is 18.2 Å². The zero-order valence-electron chi connectivity index (χ0n) is 19.9. The van der Waals surface area contributed by atoms with E-state index in [0.29, 0.717) is 5.82 Å². The zero-order chi connectivity index (χ0) is 24.8. The number of nitrogens with zero attached hydrogens (tertiary/aromatic N) is 4. The zero-order valence-corrected chi connectivity index (χ0v) is 19.9. The maximum atomic E-state index is 13.9. The van der Waals surface area contributed by atoms with Crippen molar-refractivity contribution >= 4 is 11.7 Å². The molecule has 184 valence electrons. The van der Waals surface area contributed by atoms with Crippen molar-refractivity contribution in [2.45, 2.75) is 32.0 Å². The molecule has 0 spiro atoms. The SMILES string of the molecule is COc1ccccc1CN1CCC(NC(=O)c2ccc(N(C)Cc3cc(F)ccc3F)nn2)CC1. The summed E-state index contributed by atoms with van der Waals surface area (Å²) in [4.78, 5) is 16.7. The lowest BCUT2D eigenvalue weighted by atomic mass is 10.0. The standard InChI is InChI=1S/C26H29F2N5O2/c1-32(16-19-15-20(27)7-8-22(19)28)25-10-9-23(30-31-25)26(34)29-21-11-13-33(14-12-21)17-18-5-3-4-6-24(18)35-2/h3-10,15,21H,11-14,16-17H2,1-2H3,(H,29,34). The first-order chi connectivity index (χ1) is 16.9. The van der Waals surface area contributed by atoms with Crippen LogP contribution in [-0.2, 0) is 13.1 Å². The average molecular weight is 482 g/mol. The molecule has 0 unspecified atom stereocenters. The van der Waals surface area contributed by atoms with Gasteiger partial charge in [-0.25, -0.2) is 8.78 Å². The maximum Gasteiger partial charge on any atom is 0.272 e. The summed E-state index contributed by atoms with van der Waals surface area (Å²) in [5.41, 5.74) is 1.58. The van der Waals surface area contributed by atoms with Crippen molar-refractivity contribution < 1.29 is 18.3 Å². The van der Waals surface area contributed by atoms with Crippen LogP contribution in [0.2, 0.25) is 0 Å². The molecular formula is C26H29F2N5O2. The molecular weight excluding hydrogens is 452 g/mol. The molecule has 1 saturated heterocycles. The fourth-order valence-corrected chi connectivity index (χ4v) is 4.22. The van der Waals surface area contributed by atoms with Gasteiger partial charge >= 0.3 is 0 Å². The molecule has 1 amide bonds. The van der Waals surface area contributed by atoms with E-state index in [0.717, 1.165) is 62.0 Å². The van der Waals surface area contributed by atoms with Gasteiger partial charge in [-0.1, -0.05) is 18.2 Å². The van der Waals surface area contributed by atoms with Crippen LogP contribution in [0.25, 0.3) is 0 Å². The first kappa shape index (κ1) is 24.5. The monoisotopic (exact) mass is 481 g/mol. The van der Waals surface area contributed by atoms with E-state index in [4.69, 9.17) is 4.74 Å². The van der Waals surface area contributed by atoms with Crippen LogP contribution in [0.5, 0.6) is 5.75 Å². The predicted molar refractivity (Wildman–Crippen MR) is 129 cm³/mol. The number of halogens is 2. The Morgan fingerprint density at radius 2 is 1.86 bits per heavy atom. The summed E-state index contributed by atoms with van der Waals surface area (Å²) in [5, 5.41) is 11.2. The van der Waals surface area contributed by atoms with Gasteiger partial charge in [-0.05, 0) is 49.2 Å². The second-order valence-corrected chi connectivity index (χ2v) is 8.70. The van der Waals surface area contributed by atoms with Crippen molar-refractivity contribution in [3.8, 4) is 5.75 Å². The summed E-state index contributed by atoms with van der Waals surface area (Å²) >= 11 is 0. The molecule has 7 nitrogen and oxygen atoms in total. The number of likely N-dealkylation sites (tertiary alicyclic amines) is 1. The Kier molecular flexibility index (Phi) is 7.87. The molecule has 0 bridgehead atoms. The van der Waals surface area contributed by atoms with E-state index < -0.39 is 11.6 Å². The maximum absolute atomic E-state index is 13.9. The number of methoxy groups -OCH3 is 1. The molecule has 1 aliphatic heterocycles. The topological polar surface area (TPSA) is 70.6 Å². The molecule has 2 aromatic carbocycles. The largest absolute Gasteiger partial charge is 0.496 e. The quantitative estimate of drug-likeness (QED) is 0.528. The van der Waals surface area contributed by atoms with E-state index in [2.05, 4.69) is 26.5 Å². The fourth-order valence-electron chi connectivity index (χ4n) is 4.22. The van der Waals surface area contributed by atoms with Gasteiger partial charge in [-0.15, -0.1) is 10.2 Å². The number of benzene rings is 2. The van der Waals surface area contributed by atoms with Crippen molar-refractivity contribution in [1.82, 2.24) is 20.4 Å². The highest BCUT2D eigenvalue weighted by Crippen LogP contribution is 2.22. The second-order valence-electron chi connectivity index (χ2n) is 8.70. The van der Waals surface area contributed by atoms with E-state index in [-0.39, 0.29) is 29.8 Å². The van der Waals surface area contributed by atoms with E-state index in [1.165, 1.54) is 0 Å². The molecule has 0 aliphatic carbocycles. The Morgan fingerprint density at radius 1 is 1.09 bits per heavy atom. The molecule has 4 rings (SSSR count). The summed E-state index contributed by atoms with van der Waals surface area (Å²) in [6.07, 6.45) is 1.68. The third kappa shape index (κ3) is 6.30. The van der Waals surface area contributed by atoms with Crippen molar-refractivity contribution in [3.05, 3.63) is 83.1 Å². The molecule has 9 heteroatoms. The van der Waals surface area contributed by atoms with Gasteiger partial charge in [0.2, 0.25) is 0 Å². The Morgan fingerprint density at radius 3 is 2.57 bits per heavy atom. The van der Waals surface area contributed by atoms with Crippen LogP contribution >= 0.6 is 0 Å². The van der Waals surface area contributed by atoms with Crippen LogP contribution in [-0.4, -0.2) is 54.3 Å². The van der Waals surface area contributed by atoms with E-state index >= 15 is 0 Å². The molecule has 1 fully saturated rings. The lowest BCUT2D eigenvalue weighted by Gasteiger charge is -2.32. The normalized spacial score (nSPS) is 14.5. The van der Waals surface area contributed by atoms with Gasteiger partial charge in [0.1, 0.15) is 17.4 Å². The number of aromatic nitrogens is 2. The van der Waals surface area contributed by atoms with Crippen molar-refractivity contribution in [2.24, 2.45) is 0 Å². The summed E-state index contributed by atoms with van der Waals surface area (Å²) in [6, 6.07) is 14.6. The fraction of sp³-hybridized carbons (Fsp3) is 0.346. The number of carbonyl (C=O) groups excluding carboxylic acids is 1. The first-order valence-corrected chi connectivity index (χ1v) is 11.6. The van der Waals surface area contributed by atoms with Crippen molar-refractivity contribution in [3.63, 3.8) is 0 Å². The summed E-state index contributed by atoms with van der Waals surface area (Å²) in [7, 11) is 3.38. The molecule has 0 radical (unpaired) electrons. The number of hydrogen-bond acceptors (Lipinski definition) is 6. The van der Waals surface area contributed by atoms with Crippen LogP contribution in [0.4, 0.5) is 14.6 Å². The summed E-state index contributed by atoms with van der Waals surface area (Å²) < 4.78 is 32.8. The highest BCUT2D eigenvalue weighted by Gasteiger charge is 2.22. The summed E-state index contributed by atoms with van der Waals surface area (Å²) in [6.45, 7) is 2.67. The number of amides is 1. The number of nitrogens with one attached hydrogen (secondary N) is 1. The van der Waals surface area contributed by atoms with Crippen LogP contribution < -0.4 is 15.0 Å². The predicted octanol–water partition coefficient (Wildman–Crippen LogP) is 3.79. The van der Waals surface area contributed by atoms with Gasteiger partial charge in [0.15, 0.2) is 11.5 Å². The number of hydrogen-bond donors (Lipinski definition) is 1. The lowest BCUT2D eigenvalue weighted by molar-refractivity contribution is 0.0902. The van der Waals surface area contributed by atoms with Gasteiger partial charge < -0.3 is 15.0 Å². The molecule has 2 heterocycles. The lowest BCUT2D eigenvalue weighted by Crippen LogP contribution is -2.44. The van der Waals surface area contributed by atoms with Crippen LogP contribution in [0.1, 0.15) is 34.5 Å². The van der Waals surface area contributed by atoms with E-state index in [1.54, 1.807) is 31.2 Å². The van der Waals surface area contributed by atoms with Crippen LogP contribution in [0, 0.1) is 11.6 Å². The molecule has 1 N–H and O–H groups in total. The number of piperidine rings is 1. The number of anilines is 1. The van der Waals surface area contributed by atoms with Crippen molar-refractivity contribution in [2.75, 3.05) is 32.1 Å². The van der Waals surface area contributed by atoms with Gasteiger partial charge in [-0.2, -0.15) is 0 Å². The van der Waals surface area contributed by atoms with Gasteiger partial charge in [0, 0.05) is 50.4 Å². The van der Waals surface area contributed by atoms with Gasteiger partial charge in [-0.3, -0.25) is 9.69 Å². The van der Waals surface area contributed by atoms with Gasteiger partial charge in [0.25, 0.3) is 5.91 Å². The Bertz CT molecular complexity index is 1150. The Hall–Kier alpha value is -3.59. The Labute approximate surface area is 203 Å². The first-order valence-electron chi connectivity index (χ1n) is 11.6. The van der Waals surface area contributed by atoms with Crippen LogP contribution in [0.15, 0.2) is 54.6 Å². The average Bonchev–Trinajstić information content (AvgIpc) is 2.87. The molecule has 0 saturated carbocycles. The molecule has 35 heavy (non-hydrogen) atoms. The highest BCUT2D eigenvalue weighted by atomic mass is 19.1. The number of para-hydroxylation sites is 1. The second kappa shape index (κ2) is 11.2. The van der Waals surface area contributed by atoms with Gasteiger partial charge in [0.05, 0.1) is 7.11 Å². The molecule has 1 aromatic heterocycles. The smallest absolute Gasteiger partial charge is 0.272 e. The number of carbonyl (C=O) groups is 1. The van der Waals surface area contributed by atoms with Crippen LogP contribution in [0.3, 0.4) is 0 Å². The third-order valence-electron chi connectivity index (χ3n) is 6.20. The number of rotatable bonds is 8. The number of ether oxygens (including phenoxy) is 1. The molecule has 0 atom stereocenters. The minimum absolute atomic E-state index is 0.0662. The molecule has 1 aliphatic rings. The Balaban J connectivity index is 1.27. The minimum Gasteiger partial charge on any atom is -0.496 e.